The number of carbonyl (C=O) groups excluding carboxylic acids is 2. The van der Waals surface area contributed by atoms with Crippen LogP contribution < -0.4 is 21.9 Å². The molecule has 0 fully saturated rings. The van der Waals surface area contributed by atoms with Gasteiger partial charge >= 0.3 is 5.69 Å². The lowest BCUT2D eigenvalue weighted by molar-refractivity contribution is -0.120. The first-order valence-electron chi connectivity index (χ1n) is 9.33. The second kappa shape index (κ2) is 9.04. The van der Waals surface area contributed by atoms with Crippen molar-refractivity contribution in [3.05, 3.63) is 92.8 Å². The van der Waals surface area contributed by atoms with Crippen LogP contribution in [-0.4, -0.2) is 27.5 Å². The number of rotatable bonds is 6. The molecule has 0 atom stereocenters. The number of carbonyl (C=O) groups is 2. The molecule has 0 aliphatic heterocycles. The van der Waals surface area contributed by atoms with E-state index in [0.29, 0.717) is 11.3 Å². The molecule has 0 radical (unpaired) electrons. The zero-order chi connectivity index (χ0) is 21.7. The van der Waals surface area contributed by atoms with Crippen molar-refractivity contribution in [1.82, 2.24) is 19.8 Å². The average molecular weight is 406 g/mol. The van der Waals surface area contributed by atoms with E-state index < -0.39 is 17.2 Å². The maximum atomic E-state index is 12.3. The Balaban J connectivity index is 1.54. The van der Waals surface area contributed by atoms with Gasteiger partial charge in [-0.25, -0.2) is 4.79 Å². The number of nitrogens with one attached hydrogen (secondary N) is 2. The minimum Gasteiger partial charge on any atom is -0.349 e. The van der Waals surface area contributed by atoms with Gasteiger partial charge in [-0.05, 0) is 23.3 Å². The maximum Gasteiger partial charge on any atom is 0.330 e. The van der Waals surface area contributed by atoms with Gasteiger partial charge < -0.3 is 10.6 Å². The highest BCUT2D eigenvalue weighted by Gasteiger charge is 2.10. The van der Waals surface area contributed by atoms with Crippen LogP contribution in [0.2, 0.25) is 0 Å². The number of hydrogen-bond acceptors (Lipinski definition) is 4. The molecule has 0 bridgehead atoms. The third-order valence-corrected chi connectivity index (χ3v) is 4.76. The first kappa shape index (κ1) is 20.8. The number of hydrogen-bond donors (Lipinski definition) is 2. The van der Waals surface area contributed by atoms with Gasteiger partial charge in [-0.2, -0.15) is 0 Å². The van der Waals surface area contributed by atoms with Crippen molar-refractivity contribution in [2.75, 3.05) is 6.54 Å². The molecule has 154 valence electrons. The van der Waals surface area contributed by atoms with Gasteiger partial charge in [0, 0.05) is 31.4 Å². The maximum absolute atomic E-state index is 12.3. The molecule has 2 N–H and O–H groups in total. The number of aromatic nitrogens is 2. The van der Waals surface area contributed by atoms with Crippen LogP contribution >= 0.6 is 0 Å². The van der Waals surface area contributed by atoms with Crippen molar-refractivity contribution in [1.29, 1.82) is 0 Å². The lowest BCUT2D eigenvalue weighted by Crippen LogP contribution is -2.41. The molecule has 2 amide bonds. The molecule has 0 spiro atoms. The molecule has 0 saturated carbocycles. The smallest absolute Gasteiger partial charge is 0.330 e. The Labute approximate surface area is 172 Å². The number of nitrogens with zero attached hydrogens (tertiary/aromatic N) is 2. The van der Waals surface area contributed by atoms with Crippen LogP contribution in [0.15, 0.2) is 70.3 Å². The van der Waals surface area contributed by atoms with Gasteiger partial charge in [0.15, 0.2) is 0 Å². The first-order valence-corrected chi connectivity index (χ1v) is 9.33. The Morgan fingerprint density at radius 1 is 0.833 bits per heavy atom. The van der Waals surface area contributed by atoms with Crippen LogP contribution in [0.4, 0.5) is 0 Å². The van der Waals surface area contributed by atoms with Crippen molar-refractivity contribution < 1.29 is 9.59 Å². The summed E-state index contributed by atoms with van der Waals surface area (Å²) in [6, 6.07) is 18.2. The van der Waals surface area contributed by atoms with Crippen molar-refractivity contribution in [3.63, 3.8) is 0 Å². The third kappa shape index (κ3) is 4.72. The lowest BCUT2D eigenvalue weighted by atomic mass is 10.0. The Bertz CT molecular complexity index is 1180. The average Bonchev–Trinajstić information content (AvgIpc) is 2.78. The molecule has 0 saturated heterocycles. The molecule has 0 aliphatic carbocycles. The minimum absolute atomic E-state index is 0.00228. The first-order chi connectivity index (χ1) is 14.4. The lowest BCUT2D eigenvalue weighted by Gasteiger charge is -2.11. The van der Waals surface area contributed by atoms with Gasteiger partial charge in [0.25, 0.3) is 11.5 Å². The van der Waals surface area contributed by atoms with Crippen LogP contribution in [0.3, 0.4) is 0 Å². The summed E-state index contributed by atoms with van der Waals surface area (Å²) in [6.45, 7) is -0.222. The van der Waals surface area contributed by atoms with Gasteiger partial charge in [0.1, 0.15) is 0 Å². The highest BCUT2D eigenvalue weighted by Crippen LogP contribution is 2.19. The molecule has 1 aromatic heterocycles. The summed E-state index contributed by atoms with van der Waals surface area (Å²) in [7, 11) is 2.90. The van der Waals surface area contributed by atoms with E-state index in [-0.39, 0.29) is 19.0 Å². The predicted molar refractivity (Wildman–Crippen MR) is 113 cm³/mol. The fourth-order valence-electron chi connectivity index (χ4n) is 2.91. The molecule has 8 heteroatoms. The standard InChI is InChI=1S/C22H22N4O4/c1-25-18(12-20(28)26(2)22(25)30)13-23-19(27)14-24-21(29)17-10-8-16(9-11-17)15-6-4-3-5-7-15/h3-12H,13-14H2,1-2H3,(H,23,27)(H,24,29). The van der Waals surface area contributed by atoms with Crippen molar-refractivity contribution >= 4 is 11.8 Å². The molecule has 30 heavy (non-hydrogen) atoms. The van der Waals surface area contributed by atoms with Crippen LogP contribution in [0, 0.1) is 0 Å². The monoisotopic (exact) mass is 406 g/mol. The summed E-state index contributed by atoms with van der Waals surface area (Å²) < 4.78 is 2.27. The van der Waals surface area contributed by atoms with Gasteiger partial charge in [0.2, 0.25) is 5.91 Å². The molecular weight excluding hydrogens is 384 g/mol. The van der Waals surface area contributed by atoms with E-state index in [1.54, 1.807) is 12.1 Å². The summed E-state index contributed by atoms with van der Waals surface area (Å²) in [4.78, 5) is 47.9. The molecule has 8 nitrogen and oxygen atoms in total. The van der Waals surface area contributed by atoms with E-state index in [1.165, 1.54) is 24.7 Å². The largest absolute Gasteiger partial charge is 0.349 e. The SMILES string of the molecule is Cn1c(CNC(=O)CNC(=O)c2ccc(-c3ccccc3)cc2)cc(=O)n(C)c1=O. The quantitative estimate of drug-likeness (QED) is 0.632. The Morgan fingerprint density at radius 3 is 2.13 bits per heavy atom. The fourth-order valence-corrected chi connectivity index (χ4v) is 2.91. The second-order valence-corrected chi connectivity index (χ2v) is 6.78. The fraction of sp³-hybridized carbons (Fsp3) is 0.182. The van der Waals surface area contributed by atoms with Gasteiger partial charge in [-0.3, -0.25) is 23.5 Å². The predicted octanol–water partition coefficient (Wildman–Crippen LogP) is 0.797. The molecule has 2 aromatic carbocycles. The van der Waals surface area contributed by atoms with E-state index in [0.717, 1.165) is 15.7 Å². The van der Waals surface area contributed by atoms with E-state index in [1.807, 2.05) is 42.5 Å². The molecular formula is C22H22N4O4. The molecule has 3 aromatic rings. The highest BCUT2D eigenvalue weighted by molar-refractivity contribution is 5.96. The Hall–Kier alpha value is -3.94. The number of amides is 2. The highest BCUT2D eigenvalue weighted by atomic mass is 16.2. The van der Waals surface area contributed by atoms with Crippen molar-refractivity contribution in [3.8, 4) is 11.1 Å². The van der Waals surface area contributed by atoms with Gasteiger partial charge in [-0.15, -0.1) is 0 Å². The molecule has 3 rings (SSSR count). The van der Waals surface area contributed by atoms with Gasteiger partial charge in [0.05, 0.1) is 13.1 Å². The van der Waals surface area contributed by atoms with E-state index >= 15 is 0 Å². The van der Waals surface area contributed by atoms with E-state index in [9.17, 15) is 19.2 Å². The zero-order valence-corrected chi connectivity index (χ0v) is 16.7. The molecule has 1 heterocycles. The van der Waals surface area contributed by atoms with Crippen LogP contribution in [0.25, 0.3) is 11.1 Å². The third-order valence-electron chi connectivity index (χ3n) is 4.76. The zero-order valence-electron chi connectivity index (χ0n) is 16.7. The molecule has 0 aliphatic rings. The summed E-state index contributed by atoms with van der Waals surface area (Å²) in [5.74, 6) is -0.803. The normalized spacial score (nSPS) is 10.5. The summed E-state index contributed by atoms with van der Waals surface area (Å²) in [5, 5.41) is 5.14. The van der Waals surface area contributed by atoms with Crippen molar-refractivity contribution in [2.24, 2.45) is 14.1 Å². The van der Waals surface area contributed by atoms with E-state index in [2.05, 4.69) is 10.6 Å². The Kier molecular flexibility index (Phi) is 6.26. The molecule has 0 unspecified atom stereocenters. The topological polar surface area (TPSA) is 102 Å². The summed E-state index contributed by atoms with van der Waals surface area (Å²) in [6.07, 6.45) is 0. The second-order valence-electron chi connectivity index (χ2n) is 6.78. The number of benzene rings is 2. The van der Waals surface area contributed by atoms with E-state index in [4.69, 9.17) is 0 Å². The van der Waals surface area contributed by atoms with Crippen molar-refractivity contribution in [2.45, 2.75) is 6.54 Å². The van der Waals surface area contributed by atoms with Crippen LogP contribution in [-0.2, 0) is 25.4 Å². The minimum atomic E-state index is -0.473. The Morgan fingerprint density at radius 2 is 1.47 bits per heavy atom. The van der Waals surface area contributed by atoms with Crippen LogP contribution in [0.5, 0.6) is 0 Å². The summed E-state index contributed by atoms with van der Waals surface area (Å²) in [5.41, 5.74) is 1.93. The van der Waals surface area contributed by atoms with Gasteiger partial charge in [-0.1, -0.05) is 42.5 Å². The van der Waals surface area contributed by atoms with Crippen LogP contribution in [0.1, 0.15) is 16.1 Å². The summed E-state index contributed by atoms with van der Waals surface area (Å²) >= 11 is 0.